The number of rotatable bonds is 6. The highest BCUT2D eigenvalue weighted by Crippen LogP contribution is 2.32. The van der Waals surface area contributed by atoms with Gasteiger partial charge in [-0.25, -0.2) is 0 Å². The molecule has 2 amide bonds. The molecule has 3 fully saturated rings. The number of benzene rings is 2. The van der Waals surface area contributed by atoms with Gasteiger partial charge in [-0.3, -0.25) is 9.59 Å². The van der Waals surface area contributed by atoms with Crippen LogP contribution in [0.3, 0.4) is 0 Å². The van der Waals surface area contributed by atoms with Gasteiger partial charge in [0.2, 0.25) is 0 Å². The van der Waals surface area contributed by atoms with Gasteiger partial charge in [0.05, 0.1) is 0 Å². The maximum Gasteiger partial charge on any atom is 0.287 e. The van der Waals surface area contributed by atoms with Crippen molar-refractivity contribution in [1.29, 1.82) is 0 Å². The van der Waals surface area contributed by atoms with E-state index in [1.165, 1.54) is 0 Å². The van der Waals surface area contributed by atoms with E-state index in [1.807, 2.05) is 48.5 Å². The van der Waals surface area contributed by atoms with Crippen LogP contribution in [0.2, 0.25) is 0 Å². The largest absolute Gasteiger partial charge is 0.450 e. The average molecular weight is 446 g/mol. The minimum absolute atomic E-state index is 0.0882. The zero-order chi connectivity index (χ0) is 22.9. The van der Waals surface area contributed by atoms with Crippen LogP contribution in [0.5, 0.6) is 0 Å². The quantitative estimate of drug-likeness (QED) is 0.593. The molecule has 0 saturated carbocycles. The van der Waals surface area contributed by atoms with Crippen molar-refractivity contribution < 1.29 is 14.0 Å². The third kappa shape index (κ3) is 4.53. The Balaban J connectivity index is 1.39. The maximum atomic E-state index is 13.0. The van der Waals surface area contributed by atoms with Crippen molar-refractivity contribution in [2.45, 2.75) is 32.7 Å². The summed E-state index contributed by atoms with van der Waals surface area (Å²) < 4.78 is 6.09. The molecule has 0 aliphatic carbocycles. The first-order valence-electron chi connectivity index (χ1n) is 11.9. The molecule has 3 aliphatic heterocycles. The van der Waals surface area contributed by atoms with Crippen molar-refractivity contribution >= 4 is 22.8 Å². The normalized spacial score (nSPS) is 22.0. The second-order valence-corrected chi connectivity index (χ2v) is 9.74. The van der Waals surface area contributed by atoms with Crippen LogP contribution in [0.4, 0.5) is 0 Å². The Morgan fingerprint density at radius 2 is 1.85 bits per heavy atom. The van der Waals surface area contributed by atoms with Crippen LogP contribution in [0.25, 0.3) is 22.1 Å². The Bertz CT molecular complexity index is 1170. The van der Waals surface area contributed by atoms with Gasteiger partial charge >= 0.3 is 0 Å². The van der Waals surface area contributed by atoms with Crippen LogP contribution in [-0.4, -0.2) is 48.9 Å². The van der Waals surface area contributed by atoms with Gasteiger partial charge in [-0.1, -0.05) is 44.2 Å². The lowest BCUT2D eigenvalue weighted by molar-refractivity contribution is 0.0607. The summed E-state index contributed by atoms with van der Waals surface area (Å²) in [4.78, 5) is 28.0. The van der Waals surface area contributed by atoms with E-state index in [2.05, 4.69) is 29.4 Å². The molecule has 2 aromatic carbocycles. The zero-order valence-corrected chi connectivity index (χ0v) is 19.3. The molecule has 1 aromatic heterocycles. The average Bonchev–Trinajstić information content (AvgIpc) is 3.28. The highest BCUT2D eigenvalue weighted by atomic mass is 16.3. The SMILES string of the molecule is CC(C)CNC(=O)c1cccc(-c2cccc3cc(C(=O)NC4CN5CCC4CC5)oc23)c1. The Hall–Kier alpha value is -3.12. The number of hydrogen-bond acceptors (Lipinski definition) is 4. The van der Waals surface area contributed by atoms with Crippen LogP contribution in [0.15, 0.2) is 52.9 Å². The lowest BCUT2D eigenvalue weighted by Crippen LogP contribution is -2.57. The summed E-state index contributed by atoms with van der Waals surface area (Å²) in [6.07, 6.45) is 2.30. The first-order chi connectivity index (χ1) is 16.0. The van der Waals surface area contributed by atoms with Crippen LogP contribution in [-0.2, 0) is 0 Å². The van der Waals surface area contributed by atoms with Crippen LogP contribution < -0.4 is 10.6 Å². The van der Waals surface area contributed by atoms with Crippen LogP contribution in [0, 0.1) is 11.8 Å². The molecule has 172 valence electrons. The number of hydrogen-bond donors (Lipinski definition) is 2. The third-order valence-electron chi connectivity index (χ3n) is 6.85. The molecule has 4 heterocycles. The number of amides is 2. The molecule has 2 N–H and O–H groups in total. The second-order valence-electron chi connectivity index (χ2n) is 9.74. The number of carbonyl (C=O) groups is 2. The van der Waals surface area contributed by atoms with Crippen LogP contribution >= 0.6 is 0 Å². The van der Waals surface area contributed by atoms with E-state index in [0.29, 0.717) is 35.3 Å². The molecule has 2 bridgehead atoms. The van der Waals surface area contributed by atoms with E-state index in [9.17, 15) is 9.59 Å². The lowest BCUT2D eigenvalue weighted by atomic mass is 9.84. The molecule has 33 heavy (non-hydrogen) atoms. The molecular formula is C27H31N3O3. The molecule has 6 heteroatoms. The molecule has 1 atom stereocenters. The Morgan fingerprint density at radius 3 is 2.58 bits per heavy atom. The molecule has 3 aliphatic rings. The topological polar surface area (TPSA) is 74.6 Å². The van der Waals surface area contributed by atoms with Crippen molar-refractivity contribution in [3.05, 3.63) is 59.9 Å². The van der Waals surface area contributed by atoms with Gasteiger partial charge < -0.3 is 20.0 Å². The van der Waals surface area contributed by atoms with E-state index >= 15 is 0 Å². The first kappa shape index (κ1) is 21.7. The predicted octanol–water partition coefficient (Wildman–Crippen LogP) is 4.31. The summed E-state index contributed by atoms with van der Waals surface area (Å²) >= 11 is 0. The Labute approximate surface area is 194 Å². The van der Waals surface area contributed by atoms with E-state index < -0.39 is 0 Å². The number of furan rings is 1. The Morgan fingerprint density at radius 1 is 1.06 bits per heavy atom. The number of carbonyl (C=O) groups excluding carboxylic acids is 2. The highest BCUT2D eigenvalue weighted by molar-refractivity contribution is 6.01. The van der Waals surface area contributed by atoms with Gasteiger partial charge in [-0.05, 0) is 61.5 Å². The summed E-state index contributed by atoms with van der Waals surface area (Å²) in [5, 5.41) is 7.05. The monoisotopic (exact) mass is 445 g/mol. The Kier molecular flexibility index (Phi) is 5.94. The second kappa shape index (κ2) is 9.02. The van der Waals surface area contributed by atoms with Crippen molar-refractivity contribution in [2.75, 3.05) is 26.2 Å². The van der Waals surface area contributed by atoms with E-state index in [1.54, 1.807) is 0 Å². The summed E-state index contributed by atoms with van der Waals surface area (Å²) in [5.74, 6) is 1.04. The van der Waals surface area contributed by atoms with Gasteiger partial charge in [-0.15, -0.1) is 0 Å². The number of fused-ring (bicyclic) bond motifs is 4. The first-order valence-corrected chi connectivity index (χ1v) is 11.9. The third-order valence-corrected chi connectivity index (χ3v) is 6.85. The molecule has 0 spiro atoms. The molecule has 3 saturated heterocycles. The zero-order valence-electron chi connectivity index (χ0n) is 19.3. The summed E-state index contributed by atoms with van der Waals surface area (Å²) in [6.45, 7) is 7.97. The standard InChI is InChI=1S/C27H31N3O3/c1-17(2)15-28-26(31)21-7-3-5-19(13-21)22-8-4-6-20-14-24(33-25(20)22)27(32)29-23-16-30-11-9-18(23)10-12-30/h3-8,13-14,17-18,23H,9-12,15-16H2,1-2H3,(H,28,31)(H,29,32). The highest BCUT2D eigenvalue weighted by Gasteiger charge is 2.35. The van der Waals surface area contributed by atoms with Crippen molar-refractivity contribution in [1.82, 2.24) is 15.5 Å². The minimum atomic E-state index is -0.155. The molecule has 3 aromatic rings. The van der Waals surface area contributed by atoms with Crippen LogP contribution in [0.1, 0.15) is 47.6 Å². The summed E-state index contributed by atoms with van der Waals surface area (Å²) in [5.41, 5.74) is 3.03. The van der Waals surface area contributed by atoms with Gasteiger partial charge in [0.1, 0.15) is 5.58 Å². The molecule has 6 rings (SSSR count). The predicted molar refractivity (Wildman–Crippen MR) is 129 cm³/mol. The van der Waals surface area contributed by atoms with Gasteiger partial charge in [0.25, 0.3) is 11.8 Å². The maximum absolute atomic E-state index is 13.0. The fraction of sp³-hybridized carbons (Fsp3) is 0.407. The number of nitrogens with zero attached hydrogens (tertiary/aromatic N) is 1. The molecular weight excluding hydrogens is 414 g/mol. The molecule has 0 radical (unpaired) electrons. The van der Waals surface area contributed by atoms with Gasteiger partial charge in [0, 0.05) is 35.6 Å². The van der Waals surface area contributed by atoms with Gasteiger partial charge in [0.15, 0.2) is 5.76 Å². The van der Waals surface area contributed by atoms with E-state index in [4.69, 9.17) is 4.42 Å². The van der Waals surface area contributed by atoms with E-state index in [0.717, 1.165) is 49.0 Å². The number of nitrogens with one attached hydrogen (secondary N) is 2. The minimum Gasteiger partial charge on any atom is -0.450 e. The van der Waals surface area contributed by atoms with E-state index in [-0.39, 0.29) is 17.9 Å². The fourth-order valence-electron chi connectivity index (χ4n) is 5.00. The number of para-hydroxylation sites is 1. The van der Waals surface area contributed by atoms with Crippen molar-refractivity contribution in [2.24, 2.45) is 11.8 Å². The van der Waals surface area contributed by atoms with Crippen molar-refractivity contribution in [3.63, 3.8) is 0 Å². The molecule has 1 unspecified atom stereocenters. The summed E-state index contributed by atoms with van der Waals surface area (Å²) in [7, 11) is 0. The smallest absolute Gasteiger partial charge is 0.287 e. The fourth-order valence-corrected chi connectivity index (χ4v) is 5.00. The number of piperidine rings is 3. The molecule has 6 nitrogen and oxygen atoms in total. The van der Waals surface area contributed by atoms with Crippen molar-refractivity contribution in [3.8, 4) is 11.1 Å². The van der Waals surface area contributed by atoms with Gasteiger partial charge in [-0.2, -0.15) is 0 Å². The summed E-state index contributed by atoms with van der Waals surface area (Å²) in [6, 6.07) is 15.4. The lowest BCUT2D eigenvalue weighted by Gasteiger charge is -2.44.